The first kappa shape index (κ1) is 23.1. The molecular weight excluding hydrogens is 448 g/mol. The maximum absolute atomic E-state index is 12.8. The maximum atomic E-state index is 12.8. The SMILES string of the molecule is CNC(=O)c1cc(C(=O)NC2CC2)cc2c1O[C@@H](COS(C)(=O)=O)[C@H]2c1cccc(OC)c1. The van der Waals surface area contributed by atoms with Crippen molar-refractivity contribution < 1.29 is 31.7 Å². The van der Waals surface area contributed by atoms with Crippen LogP contribution in [0.15, 0.2) is 36.4 Å². The van der Waals surface area contributed by atoms with Crippen LogP contribution in [0.4, 0.5) is 0 Å². The van der Waals surface area contributed by atoms with Crippen molar-refractivity contribution in [2.45, 2.75) is 30.9 Å². The molecule has 176 valence electrons. The van der Waals surface area contributed by atoms with Gasteiger partial charge in [0.25, 0.3) is 21.9 Å². The monoisotopic (exact) mass is 474 g/mol. The van der Waals surface area contributed by atoms with Crippen LogP contribution in [0.5, 0.6) is 11.5 Å². The summed E-state index contributed by atoms with van der Waals surface area (Å²) in [5.74, 6) is -0.272. The number of benzene rings is 2. The van der Waals surface area contributed by atoms with Gasteiger partial charge in [0.2, 0.25) is 0 Å². The van der Waals surface area contributed by atoms with Crippen molar-refractivity contribution >= 4 is 21.9 Å². The lowest BCUT2D eigenvalue weighted by Crippen LogP contribution is -2.27. The number of rotatable bonds is 8. The molecule has 0 saturated heterocycles. The largest absolute Gasteiger partial charge is 0.497 e. The molecule has 2 atom stereocenters. The molecule has 2 amide bonds. The molecule has 0 spiro atoms. The van der Waals surface area contributed by atoms with Crippen molar-refractivity contribution in [3.8, 4) is 11.5 Å². The second-order valence-electron chi connectivity index (χ2n) is 8.17. The molecule has 0 bridgehead atoms. The van der Waals surface area contributed by atoms with Crippen molar-refractivity contribution in [1.82, 2.24) is 10.6 Å². The first-order chi connectivity index (χ1) is 15.7. The van der Waals surface area contributed by atoms with E-state index in [9.17, 15) is 18.0 Å². The van der Waals surface area contributed by atoms with Crippen molar-refractivity contribution in [2.24, 2.45) is 0 Å². The van der Waals surface area contributed by atoms with Gasteiger partial charge in [-0.15, -0.1) is 0 Å². The van der Waals surface area contributed by atoms with Crippen molar-refractivity contribution in [2.75, 3.05) is 27.0 Å². The molecular formula is C23H26N2O7S. The zero-order valence-electron chi connectivity index (χ0n) is 18.6. The van der Waals surface area contributed by atoms with E-state index in [1.807, 2.05) is 18.2 Å². The Hall–Kier alpha value is -3.11. The van der Waals surface area contributed by atoms with E-state index in [4.69, 9.17) is 13.7 Å². The fourth-order valence-corrected chi connectivity index (χ4v) is 4.30. The van der Waals surface area contributed by atoms with Crippen molar-refractivity contribution in [3.63, 3.8) is 0 Å². The first-order valence-electron chi connectivity index (χ1n) is 10.6. The number of nitrogens with one attached hydrogen (secondary N) is 2. The van der Waals surface area contributed by atoms with E-state index in [1.54, 1.807) is 19.2 Å². The molecule has 2 aromatic rings. The number of carbonyl (C=O) groups excluding carboxylic acids is 2. The Morgan fingerprint density at radius 1 is 1.15 bits per heavy atom. The lowest BCUT2D eigenvalue weighted by molar-refractivity contribution is 0.0951. The van der Waals surface area contributed by atoms with Crippen LogP contribution >= 0.6 is 0 Å². The van der Waals surface area contributed by atoms with Crippen LogP contribution in [0.3, 0.4) is 0 Å². The highest BCUT2D eigenvalue weighted by Gasteiger charge is 2.40. The van der Waals surface area contributed by atoms with Gasteiger partial charge in [0, 0.05) is 24.2 Å². The molecule has 2 aliphatic rings. The highest BCUT2D eigenvalue weighted by molar-refractivity contribution is 7.85. The molecule has 1 saturated carbocycles. The molecule has 0 unspecified atom stereocenters. The smallest absolute Gasteiger partial charge is 0.264 e. The number of amides is 2. The predicted molar refractivity (Wildman–Crippen MR) is 120 cm³/mol. The summed E-state index contributed by atoms with van der Waals surface area (Å²) in [4.78, 5) is 25.5. The minimum Gasteiger partial charge on any atom is -0.497 e. The van der Waals surface area contributed by atoms with Crippen LogP contribution in [0, 0.1) is 0 Å². The molecule has 1 aliphatic heterocycles. The van der Waals surface area contributed by atoms with Crippen LogP contribution in [0.1, 0.15) is 50.6 Å². The summed E-state index contributed by atoms with van der Waals surface area (Å²) in [6, 6.07) is 10.6. The summed E-state index contributed by atoms with van der Waals surface area (Å²) >= 11 is 0. The van der Waals surface area contributed by atoms with E-state index < -0.39 is 28.0 Å². The second kappa shape index (κ2) is 9.03. The van der Waals surface area contributed by atoms with Crippen LogP contribution in [0.25, 0.3) is 0 Å². The Balaban J connectivity index is 1.83. The van der Waals surface area contributed by atoms with E-state index in [-0.39, 0.29) is 24.1 Å². The van der Waals surface area contributed by atoms with Gasteiger partial charge >= 0.3 is 0 Å². The van der Waals surface area contributed by atoms with E-state index >= 15 is 0 Å². The Labute approximate surface area is 192 Å². The van der Waals surface area contributed by atoms with Crippen LogP contribution in [0.2, 0.25) is 0 Å². The van der Waals surface area contributed by atoms with Gasteiger partial charge in [-0.25, -0.2) is 0 Å². The van der Waals surface area contributed by atoms with Gasteiger partial charge in [0.15, 0.2) is 0 Å². The topological polar surface area (TPSA) is 120 Å². The predicted octanol–water partition coefficient (Wildman–Crippen LogP) is 1.82. The van der Waals surface area contributed by atoms with E-state index in [1.165, 1.54) is 13.1 Å². The summed E-state index contributed by atoms with van der Waals surface area (Å²) in [6.45, 7) is -0.258. The van der Waals surface area contributed by atoms with Crippen molar-refractivity contribution in [1.29, 1.82) is 0 Å². The van der Waals surface area contributed by atoms with Gasteiger partial charge in [-0.1, -0.05) is 12.1 Å². The van der Waals surface area contributed by atoms with Crippen LogP contribution in [-0.4, -0.2) is 59.4 Å². The number of hydrogen-bond acceptors (Lipinski definition) is 7. The Bertz CT molecular complexity index is 1190. The van der Waals surface area contributed by atoms with Gasteiger partial charge in [-0.3, -0.25) is 13.8 Å². The average molecular weight is 475 g/mol. The minimum atomic E-state index is -3.72. The Morgan fingerprint density at radius 3 is 2.55 bits per heavy atom. The number of ether oxygens (including phenoxy) is 2. The molecule has 2 N–H and O–H groups in total. The molecule has 0 aromatic heterocycles. The number of hydrogen-bond donors (Lipinski definition) is 2. The quantitative estimate of drug-likeness (QED) is 0.560. The van der Waals surface area contributed by atoms with Gasteiger partial charge in [-0.05, 0) is 42.7 Å². The van der Waals surface area contributed by atoms with E-state index in [0.29, 0.717) is 22.6 Å². The van der Waals surface area contributed by atoms with Gasteiger partial charge < -0.3 is 20.1 Å². The summed E-state index contributed by atoms with van der Waals surface area (Å²) in [7, 11) is -0.686. The van der Waals surface area contributed by atoms with E-state index in [0.717, 1.165) is 24.7 Å². The lowest BCUT2D eigenvalue weighted by Gasteiger charge is -2.19. The van der Waals surface area contributed by atoms with Gasteiger partial charge in [-0.2, -0.15) is 8.42 Å². The average Bonchev–Trinajstić information content (AvgIpc) is 3.53. The normalized spacial score (nSPS) is 19.4. The van der Waals surface area contributed by atoms with Crippen molar-refractivity contribution in [3.05, 3.63) is 58.7 Å². The number of methoxy groups -OCH3 is 1. The van der Waals surface area contributed by atoms with E-state index in [2.05, 4.69) is 10.6 Å². The summed E-state index contributed by atoms with van der Waals surface area (Å²) in [6.07, 6.45) is 2.08. The zero-order chi connectivity index (χ0) is 23.8. The fourth-order valence-electron chi connectivity index (χ4n) is 3.91. The molecule has 1 fully saturated rings. The molecule has 4 rings (SSSR count). The standard InChI is InChI=1S/C23H26N2O7S/c1-24-23(27)18-11-14(22(26)25-15-7-8-15)10-17-20(13-5-4-6-16(9-13)30-2)19(32-21(17)18)12-31-33(3,28)29/h4-6,9-11,15,19-20H,7-8,12H2,1-3H3,(H,24,27)(H,25,26)/t19-,20-/m0/s1. The lowest BCUT2D eigenvalue weighted by atomic mass is 9.86. The highest BCUT2D eigenvalue weighted by Crippen LogP contribution is 2.46. The number of carbonyl (C=O) groups is 2. The Kier molecular flexibility index (Phi) is 6.31. The fraction of sp³-hybridized carbons (Fsp3) is 0.391. The third-order valence-electron chi connectivity index (χ3n) is 5.64. The highest BCUT2D eigenvalue weighted by atomic mass is 32.2. The molecule has 1 heterocycles. The number of fused-ring (bicyclic) bond motifs is 1. The molecule has 1 aliphatic carbocycles. The third-order valence-corrected chi connectivity index (χ3v) is 6.20. The molecule has 10 heteroatoms. The third kappa shape index (κ3) is 5.12. The Morgan fingerprint density at radius 2 is 1.91 bits per heavy atom. The molecule has 33 heavy (non-hydrogen) atoms. The molecule has 0 radical (unpaired) electrons. The summed E-state index contributed by atoms with van der Waals surface area (Å²) < 4.78 is 39.8. The molecule has 9 nitrogen and oxygen atoms in total. The molecule has 2 aromatic carbocycles. The van der Waals surface area contributed by atoms with Gasteiger partial charge in [0.05, 0.1) is 24.8 Å². The maximum Gasteiger partial charge on any atom is 0.264 e. The summed E-state index contributed by atoms with van der Waals surface area (Å²) in [5.41, 5.74) is 1.91. The van der Waals surface area contributed by atoms with Gasteiger partial charge in [0.1, 0.15) is 24.2 Å². The minimum absolute atomic E-state index is 0.149. The zero-order valence-corrected chi connectivity index (χ0v) is 19.4. The second-order valence-corrected chi connectivity index (χ2v) is 9.81. The van der Waals surface area contributed by atoms with Crippen LogP contribution < -0.4 is 20.1 Å². The van der Waals surface area contributed by atoms with Crippen LogP contribution in [-0.2, 0) is 14.3 Å². The first-order valence-corrected chi connectivity index (χ1v) is 12.4. The summed E-state index contributed by atoms with van der Waals surface area (Å²) in [5, 5.41) is 5.52.